The number of hydrogen-bond acceptors (Lipinski definition) is 0. The van der Waals surface area contributed by atoms with Crippen LogP contribution in [0.1, 0.15) is 46.5 Å². The second-order valence-electron chi connectivity index (χ2n) is 14.9. The molecule has 2 heteroatoms. The van der Waals surface area contributed by atoms with Gasteiger partial charge in [0.05, 0.1) is 11.0 Å². The maximum absolute atomic E-state index is 4.13. The van der Waals surface area contributed by atoms with E-state index < -0.39 is 0 Å². The fourth-order valence-electron chi connectivity index (χ4n) is 9.52. The van der Waals surface area contributed by atoms with Gasteiger partial charge in [0.1, 0.15) is 0 Å². The Labute approximate surface area is 309 Å². The summed E-state index contributed by atoms with van der Waals surface area (Å²) < 4.78 is 5.03. The van der Waals surface area contributed by atoms with Gasteiger partial charge in [-0.1, -0.05) is 103 Å². The number of para-hydroxylation sites is 1. The molecule has 2 aliphatic carbocycles. The highest BCUT2D eigenvalue weighted by atomic mass is 15.0. The van der Waals surface area contributed by atoms with E-state index in [-0.39, 0.29) is 0 Å². The summed E-state index contributed by atoms with van der Waals surface area (Å²) in [5, 5.41) is 10.5. The lowest BCUT2D eigenvalue weighted by molar-refractivity contribution is 0.818. The van der Waals surface area contributed by atoms with Crippen LogP contribution in [0.4, 0.5) is 0 Å². The van der Waals surface area contributed by atoms with Crippen molar-refractivity contribution in [2.75, 3.05) is 0 Å². The quantitative estimate of drug-likeness (QED) is 0.164. The molecule has 0 radical (unpaired) electrons. The highest BCUT2D eigenvalue weighted by molar-refractivity contribution is 6.25. The van der Waals surface area contributed by atoms with Crippen molar-refractivity contribution in [3.8, 4) is 11.4 Å². The van der Waals surface area contributed by atoms with Crippen LogP contribution in [0.5, 0.6) is 0 Å². The first-order chi connectivity index (χ1) is 26.1. The van der Waals surface area contributed by atoms with Crippen molar-refractivity contribution in [1.29, 1.82) is 0 Å². The van der Waals surface area contributed by atoms with E-state index in [0.29, 0.717) is 0 Å². The van der Waals surface area contributed by atoms with Crippen LogP contribution in [0.3, 0.4) is 0 Å². The van der Waals surface area contributed by atoms with Crippen LogP contribution in [0.25, 0.3) is 83.7 Å². The molecule has 2 nitrogen and oxygen atoms in total. The smallest absolute Gasteiger partial charge is 0.0538 e. The fraction of sp³-hybridized carbons (Fsp3) is 0.0980. The highest BCUT2D eigenvalue weighted by Crippen LogP contribution is 2.44. The molecule has 0 fully saturated rings. The third-order valence-electron chi connectivity index (χ3n) is 11.9. The third-order valence-corrected chi connectivity index (χ3v) is 11.9. The molecule has 252 valence electrons. The fourth-order valence-corrected chi connectivity index (χ4v) is 9.52. The van der Waals surface area contributed by atoms with Crippen molar-refractivity contribution in [3.05, 3.63) is 185 Å². The van der Waals surface area contributed by atoms with Crippen molar-refractivity contribution in [2.45, 2.75) is 32.6 Å². The van der Waals surface area contributed by atoms with Gasteiger partial charge in [-0.3, -0.25) is 0 Å². The van der Waals surface area contributed by atoms with Crippen molar-refractivity contribution in [2.24, 2.45) is 0 Å². The monoisotopic (exact) mass is 678 g/mol. The summed E-state index contributed by atoms with van der Waals surface area (Å²) in [4.78, 5) is 0. The molecule has 7 aromatic carbocycles. The average Bonchev–Trinajstić information content (AvgIpc) is 3.72. The van der Waals surface area contributed by atoms with Gasteiger partial charge in [0.15, 0.2) is 0 Å². The van der Waals surface area contributed by atoms with Gasteiger partial charge in [-0.2, -0.15) is 0 Å². The molecule has 0 unspecified atom stereocenters. The SMILES string of the molecule is C=Cc1ccc2c(c1)c1c(n2-c2ccc3c4ccccc4c4ccccc4c3c2)CCC(C2=Cc3c(n(-c4ccccc4)c4ccc(C)cc34)CC2)=C1. The molecule has 9 aromatic rings. The largest absolute Gasteiger partial charge is 0.313 e. The van der Waals surface area contributed by atoms with Crippen LogP contribution >= 0.6 is 0 Å². The Hall–Kier alpha value is -6.38. The molecule has 11 rings (SSSR count). The van der Waals surface area contributed by atoms with Gasteiger partial charge in [-0.25, -0.2) is 0 Å². The maximum Gasteiger partial charge on any atom is 0.0538 e. The summed E-state index contributed by atoms with van der Waals surface area (Å²) in [5.41, 5.74) is 15.9. The number of rotatable bonds is 4. The molecule has 2 aromatic heterocycles. The van der Waals surface area contributed by atoms with Crippen molar-refractivity contribution >= 4 is 72.4 Å². The molecular weight excluding hydrogens is 641 g/mol. The number of benzene rings is 7. The Morgan fingerprint density at radius 3 is 1.60 bits per heavy atom. The minimum Gasteiger partial charge on any atom is -0.313 e. The molecule has 0 spiro atoms. The van der Waals surface area contributed by atoms with Gasteiger partial charge in [-0.05, 0) is 142 Å². The summed E-state index contributed by atoms with van der Waals surface area (Å²) in [6.45, 7) is 6.34. The first-order valence-electron chi connectivity index (χ1n) is 18.9. The average molecular weight is 679 g/mol. The van der Waals surface area contributed by atoms with Crippen LogP contribution in [0, 0.1) is 6.92 Å². The molecule has 0 N–H and O–H groups in total. The normalized spacial score (nSPS) is 14.1. The lowest BCUT2D eigenvalue weighted by atomic mass is 9.85. The molecule has 0 aliphatic heterocycles. The number of nitrogens with zero attached hydrogens (tertiary/aromatic N) is 2. The van der Waals surface area contributed by atoms with Crippen LogP contribution in [0.15, 0.2) is 151 Å². The van der Waals surface area contributed by atoms with Gasteiger partial charge in [0, 0.05) is 44.7 Å². The van der Waals surface area contributed by atoms with E-state index in [0.717, 1.165) is 31.2 Å². The molecule has 2 aliphatic rings. The second kappa shape index (κ2) is 11.6. The van der Waals surface area contributed by atoms with Crippen LogP contribution in [0.2, 0.25) is 0 Å². The summed E-state index contributed by atoms with van der Waals surface area (Å²) >= 11 is 0. The van der Waals surface area contributed by atoms with Gasteiger partial charge in [-0.15, -0.1) is 0 Å². The number of aryl methyl sites for hydroxylation is 1. The van der Waals surface area contributed by atoms with Gasteiger partial charge >= 0.3 is 0 Å². The Kier molecular flexibility index (Phi) is 6.60. The number of hydrogen-bond donors (Lipinski definition) is 0. The van der Waals surface area contributed by atoms with E-state index in [1.807, 2.05) is 6.08 Å². The first kappa shape index (κ1) is 30.3. The zero-order valence-corrected chi connectivity index (χ0v) is 29.9. The molecule has 0 saturated carbocycles. The lowest BCUT2D eigenvalue weighted by Gasteiger charge is -2.23. The van der Waals surface area contributed by atoms with E-state index in [1.54, 1.807) is 0 Å². The number of allylic oxidation sites excluding steroid dienone is 2. The Morgan fingerprint density at radius 1 is 0.453 bits per heavy atom. The van der Waals surface area contributed by atoms with E-state index in [4.69, 9.17) is 0 Å². The minimum absolute atomic E-state index is 0.991. The van der Waals surface area contributed by atoms with E-state index in [9.17, 15) is 0 Å². The van der Waals surface area contributed by atoms with Crippen LogP contribution < -0.4 is 0 Å². The van der Waals surface area contributed by atoms with E-state index in [2.05, 4.69) is 168 Å². The molecule has 2 heterocycles. The predicted octanol–water partition coefficient (Wildman–Crippen LogP) is 13.3. The van der Waals surface area contributed by atoms with Gasteiger partial charge in [0.2, 0.25) is 0 Å². The summed E-state index contributed by atoms with van der Waals surface area (Å²) in [6, 6.07) is 49.5. The second-order valence-corrected chi connectivity index (χ2v) is 14.9. The third kappa shape index (κ3) is 4.52. The summed E-state index contributed by atoms with van der Waals surface area (Å²) in [7, 11) is 0. The lowest BCUT2D eigenvalue weighted by Crippen LogP contribution is -2.09. The summed E-state index contributed by atoms with van der Waals surface area (Å²) in [6.07, 6.45) is 11.1. The van der Waals surface area contributed by atoms with Crippen molar-refractivity contribution in [3.63, 3.8) is 0 Å². The number of fused-ring (bicyclic) bond motifs is 12. The molecule has 0 saturated heterocycles. The molecule has 0 bridgehead atoms. The number of aromatic nitrogens is 2. The van der Waals surface area contributed by atoms with Crippen molar-refractivity contribution in [1.82, 2.24) is 9.13 Å². The highest BCUT2D eigenvalue weighted by Gasteiger charge is 2.27. The van der Waals surface area contributed by atoms with Gasteiger partial charge in [0.25, 0.3) is 0 Å². The van der Waals surface area contributed by atoms with E-state index in [1.165, 1.54) is 105 Å². The first-order valence-corrected chi connectivity index (χ1v) is 18.9. The standard InChI is InChI=1S/C51H38N2/c1-3-33-18-24-49-45(28-33)47-30-35(34-19-25-50-46(29-34)44-27-32(2)17-23-48(44)52(50)36-11-5-4-6-12-36)20-26-51(47)53(49)37-21-22-42-40-15-8-7-13-38(40)39-14-9-10-16-41(39)43(42)31-37/h3-18,21-24,27-31H,1,19-20,25-26H2,2H3. The maximum atomic E-state index is 4.13. The zero-order valence-electron chi connectivity index (χ0n) is 29.9. The van der Waals surface area contributed by atoms with Crippen LogP contribution in [-0.2, 0) is 12.8 Å². The predicted molar refractivity (Wildman–Crippen MR) is 226 cm³/mol. The van der Waals surface area contributed by atoms with Gasteiger partial charge < -0.3 is 9.13 Å². The molecule has 0 atom stereocenters. The molecular formula is C51H38N2. The topological polar surface area (TPSA) is 9.86 Å². The zero-order chi connectivity index (χ0) is 35.2. The summed E-state index contributed by atoms with van der Waals surface area (Å²) in [5.74, 6) is 0. The van der Waals surface area contributed by atoms with E-state index >= 15 is 0 Å². The Balaban J connectivity index is 1.10. The van der Waals surface area contributed by atoms with Crippen LogP contribution in [-0.4, -0.2) is 9.13 Å². The minimum atomic E-state index is 0.991. The Morgan fingerprint density at radius 2 is 0.981 bits per heavy atom. The molecule has 53 heavy (non-hydrogen) atoms. The van der Waals surface area contributed by atoms with Crippen molar-refractivity contribution < 1.29 is 0 Å². The molecule has 0 amide bonds. The Bertz CT molecular complexity index is 3040.